The van der Waals surface area contributed by atoms with Crippen LogP contribution in [-0.2, 0) is 4.79 Å². The zero-order valence-electron chi connectivity index (χ0n) is 11.6. The van der Waals surface area contributed by atoms with Gasteiger partial charge < -0.3 is 0 Å². The number of hydrogen-bond acceptors (Lipinski definition) is 5. The van der Waals surface area contributed by atoms with Gasteiger partial charge >= 0.3 is 0 Å². The summed E-state index contributed by atoms with van der Waals surface area (Å²) in [5.74, 6) is -0.780. The molecule has 0 saturated carbocycles. The Morgan fingerprint density at radius 2 is 1.91 bits per heavy atom. The summed E-state index contributed by atoms with van der Waals surface area (Å²) in [4.78, 5) is 30.6. The van der Waals surface area contributed by atoms with Crippen molar-refractivity contribution in [3.63, 3.8) is 0 Å². The minimum Gasteiger partial charge on any atom is -0.268 e. The van der Waals surface area contributed by atoms with E-state index in [9.17, 15) is 9.59 Å². The number of pyridine rings is 1. The van der Waals surface area contributed by atoms with Crippen LogP contribution in [0.4, 0.5) is 0 Å². The molecule has 114 valence electrons. The van der Waals surface area contributed by atoms with Gasteiger partial charge in [-0.05, 0) is 58.5 Å². The van der Waals surface area contributed by atoms with Crippen LogP contribution < -0.4 is 0 Å². The standard InChI is InChI=1S/C16H9IN2O2S2/c17-12-4-2-1-3-11(12)14(20)19-15(21)13(23-16(19)22)9-10-5-7-18-8-6-10/h1-9H. The van der Waals surface area contributed by atoms with Crippen molar-refractivity contribution < 1.29 is 9.59 Å². The second-order valence-corrected chi connectivity index (χ2v) is 7.42. The third kappa shape index (κ3) is 3.36. The fourth-order valence-corrected chi connectivity index (χ4v) is 3.88. The topological polar surface area (TPSA) is 50.3 Å². The lowest BCUT2D eigenvalue weighted by Crippen LogP contribution is -2.35. The van der Waals surface area contributed by atoms with Crippen molar-refractivity contribution in [2.24, 2.45) is 0 Å². The van der Waals surface area contributed by atoms with Gasteiger partial charge in [0.15, 0.2) is 4.32 Å². The first kappa shape index (κ1) is 16.3. The number of imide groups is 1. The van der Waals surface area contributed by atoms with E-state index in [0.29, 0.717) is 10.5 Å². The zero-order valence-corrected chi connectivity index (χ0v) is 15.4. The molecule has 1 aliphatic rings. The van der Waals surface area contributed by atoms with E-state index in [1.54, 1.807) is 42.7 Å². The summed E-state index contributed by atoms with van der Waals surface area (Å²) < 4.78 is 1.03. The first-order valence-electron chi connectivity index (χ1n) is 6.55. The Bertz CT molecular complexity index is 837. The predicted octanol–water partition coefficient (Wildman–Crippen LogP) is 3.73. The van der Waals surface area contributed by atoms with E-state index in [1.807, 2.05) is 12.1 Å². The van der Waals surface area contributed by atoms with Gasteiger partial charge in [-0.3, -0.25) is 14.6 Å². The van der Waals surface area contributed by atoms with E-state index in [4.69, 9.17) is 12.2 Å². The van der Waals surface area contributed by atoms with Crippen molar-refractivity contribution in [2.75, 3.05) is 0 Å². The number of thioether (sulfide) groups is 1. The molecule has 23 heavy (non-hydrogen) atoms. The maximum atomic E-state index is 12.6. The van der Waals surface area contributed by atoms with Gasteiger partial charge in [0.1, 0.15) is 0 Å². The highest BCUT2D eigenvalue weighted by Gasteiger charge is 2.37. The molecule has 1 saturated heterocycles. The second-order valence-electron chi connectivity index (χ2n) is 4.58. The lowest BCUT2D eigenvalue weighted by Gasteiger charge is -2.13. The quantitative estimate of drug-likeness (QED) is 0.301. The van der Waals surface area contributed by atoms with E-state index >= 15 is 0 Å². The second kappa shape index (κ2) is 6.90. The number of hydrogen-bond donors (Lipinski definition) is 0. The van der Waals surface area contributed by atoms with Crippen molar-refractivity contribution >= 4 is 68.8 Å². The molecule has 0 unspecified atom stereocenters. The molecule has 0 bridgehead atoms. The SMILES string of the molecule is O=C1C(=Cc2ccncc2)SC(=S)N1C(=O)c1ccccc1I. The van der Waals surface area contributed by atoms with E-state index in [-0.39, 0.29) is 10.2 Å². The number of halogens is 1. The molecule has 0 spiro atoms. The van der Waals surface area contributed by atoms with Crippen LogP contribution in [0.1, 0.15) is 15.9 Å². The summed E-state index contributed by atoms with van der Waals surface area (Å²) in [5, 5.41) is 0. The van der Waals surface area contributed by atoms with Crippen LogP contribution in [0.3, 0.4) is 0 Å². The van der Waals surface area contributed by atoms with Gasteiger partial charge in [0.25, 0.3) is 11.8 Å². The molecule has 2 heterocycles. The number of amides is 2. The van der Waals surface area contributed by atoms with Crippen molar-refractivity contribution in [2.45, 2.75) is 0 Å². The highest BCUT2D eigenvalue weighted by Crippen LogP contribution is 2.34. The summed E-state index contributed by atoms with van der Waals surface area (Å²) >= 11 is 8.42. The number of aromatic nitrogens is 1. The number of rotatable bonds is 2. The Labute approximate surface area is 156 Å². The number of thiocarbonyl (C=S) groups is 1. The summed E-state index contributed by atoms with van der Waals surface area (Å²) in [6, 6.07) is 10.7. The Morgan fingerprint density at radius 3 is 2.61 bits per heavy atom. The number of nitrogens with zero attached hydrogens (tertiary/aromatic N) is 2. The number of carbonyl (C=O) groups is 2. The van der Waals surface area contributed by atoms with E-state index < -0.39 is 5.91 Å². The summed E-state index contributed by atoms with van der Waals surface area (Å²) in [6.45, 7) is 0. The van der Waals surface area contributed by atoms with Gasteiger partial charge in [-0.15, -0.1) is 0 Å². The third-order valence-electron chi connectivity index (χ3n) is 3.10. The van der Waals surface area contributed by atoms with Gasteiger partial charge in [-0.2, -0.15) is 0 Å². The van der Waals surface area contributed by atoms with Gasteiger partial charge in [-0.25, -0.2) is 4.90 Å². The molecule has 0 atom stereocenters. The first-order valence-corrected chi connectivity index (χ1v) is 8.85. The average molecular weight is 452 g/mol. The average Bonchev–Trinajstić information content (AvgIpc) is 2.82. The highest BCUT2D eigenvalue weighted by atomic mass is 127. The maximum absolute atomic E-state index is 12.6. The van der Waals surface area contributed by atoms with Gasteiger partial charge in [0.2, 0.25) is 0 Å². The molecule has 0 aliphatic carbocycles. The molecular formula is C16H9IN2O2S2. The highest BCUT2D eigenvalue weighted by molar-refractivity contribution is 14.1. The third-order valence-corrected chi connectivity index (χ3v) is 5.35. The van der Waals surface area contributed by atoms with Crippen molar-refractivity contribution in [3.8, 4) is 0 Å². The van der Waals surface area contributed by atoms with Crippen molar-refractivity contribution in [1.29, 1.82) is 0 Å². The normalized spacial score (nSPS) is 16.2. The van der Waals surface area contributed by atoms with Crippen LogP contribution in [0.25, 0.3) is 6.08 Å². The minimum absolute atomic E-state index is 0.250. The van der Waals surface area contributed by atoms with Crippen LogP contribution in [0, 0.1) is 3.57 Å². The summed E-state index contributed by atoms with van der Waals surface area (Å²) in [6.07, 6.45) is 5.00. The Kier molecular flexibility index (Phi) is 4.88. The number of carbonyl (C=O) groups excluding carboxylic acids is 2. The molecule has 2 aromatic rings. The van der Waals surface area contributed by atoms with Gasteiger partial charge in [0.05, 0.1) is 10.5 Å². The molecule has 1 aliphatic heterocycles. The van der Waals surface area contributed by atoms with Crippen LogP contribution in [0.2, 0.25) is 0 Å². The molecular weight excluding hydrogens is 443 g/mol. The molecule has 3 rings (SSSR count). The molecule has 2 amide bonds. The molecule has 1 fully saturated rings. The summed E-state index contributed by atoms with van der Waals surface area (Å²) in [7, 11) is 0. The largest absolute Gasteiger partial charge is 0.273 e. The zero-order chi connectivity index (χ0) is 16.4. The predicted molar refractivity (Wildman–Crippen MR) is 103 cm³/mol. The summed E-state index contributed by atoms with van der Waals surface area (Å²) in [5.41, 5.74) is 1.30. The van der Waals surface area contributed by atoms with E-state index in [0.717, 1.165) is 25.8 Å². The Morgan fingerprint density at radius 1 is 1.22 bits per heavy atom. The van der Waals surface area contributed by atoms with Crippen LogP contribution in [-0.4, -0.2) is 26.0 Å². The monoisotopic (exact) mass is 452 g/mol. The van der Waals surface area contributed by atoms with E-state index in [1.165, 1.54) is 0 Å². The Hall–Kier alpha value is -1.58. The lowest BCUT2D eigenvalue weighted by atomic mass is 10.2. The molecule has 1 aromatic carbocycles. The fraction of sp³-hybridized carbons (Fsp3) is 0. The lowest BCUT2D eigenvalue weighted by molar-refractivity contribution is -0.120. The van der Waals surface area contributed by atoms with Gasteiger partial charge in [0, 0.05) is 16.0 Å². The fourth-order valence-electron chi connectivity index (χ4n) is 2.01. The van der Waals surface area contributed by atoms with Crippen LogP contribution in [0.15, 0.2) is 53.7 Å². The van der Waals surface area contributed by atoms with Crippen LogP contribution >= 0.6 is 46.6 Å². The molecule has 0 radical (unpaired) electrons. The molecule has 1 aromatic heterocycles. The smallest absolute Gasteiger partial charge is 0.268 e. The molecule has 4 nitrogen and oxygen atoms in total. The first-order chi connectivity index (χ1) is 11.1. The van der Waals surface area contributed by atoms with E-state index in [2.05, 4.69) is 27.6 Å². The minimum atomic E-state index is -0.393. The number of benzene rings is 1. The van der Waals surface area contributed by atoms with Crippen LogP contribution in [0.5, 0.6) is 0 Å². The molecule has 0 N–H and O–H groups in total. The Balaban J connectivity index is 1.92. The molecule has 7 heteroatoms. The van der Waals surface area contributed by atoms with Crippen molar-refractivity contribution in [3.05, 3.63) is 68.4 Å². The van der Waals surface area contributed by atoms with Gasteiger partial charge in [-0.1, -0.05) is 36.1 Å². The van der Waals surface area contributed by atoms with Crippen molar-refractivity contribution in [1.82, 2.24) is 9.88 Å². The maximum Gasteiger partial charge on any atom is 0.273 e.